The van der Waals surface area contributed by atoms with Gasteiger partial charge in [0.05, 0.1) is 13.7 Å². The molecular formula is C14H21NO2. The first-order valence-electron chi connectivity index (χ1n) is 6.09. The Balaban J connectivity index is 1.97. The maximum atomic E-state index is 5.43. The molecule has 1 N–H and O–H groups in total. The van der Waals surface area contributed by atoms with E-state index in [0.29, 0.717) is 0 Å². The Hall–Kier alpha value is -1.06. The van der Waals surface area contributed by atoms with E-state index >= 15 is 0 Å². The molecule has 1 heterocycles. The highest BCUT2D eigenvalue weighted by molar-refractivity contribution is 5.36. The number of nitrogens with one attached hydrogen (secondary N) is 1. The van der Waals surface area contributed by atoms with Gasteiger partial charge in [-0.3, -0.25) is 0 Å². The molecule has 0 radical (unpaired) electrons. The van der Waals surface area contributed by atoms with Crippen molar-refractivity contribution in [3.63, 3.8) is 0 Å². The molecule has 1 saturated heterocycles. The summed E-state index contributed by atoms with van der Waals surface area (Å²) >= 11 is 0. The summed E-state index contributed by atoms with van der Waals surface area (Å²) < 4.78 is 10.7. The molecule has 0 amide bonds. The Kier molecular flexibility index (Phi) is 3.69. The molecule has 94 valence electrons. The fourth-order valence-electron chi connectivity index (χ4n) is 2.17. The molecule has 0 aliphatic carbocycles. The monoisotopic (exact) mass is 235 g/mol. The smallest absolute Gasteiger partial charge is 0.121 e. The zero-order valence-corrected chi connectivity index (χ0v) is 10.9. The van der Waals surface area contributed by atoms with Gasteiger partial charge in [-0.2, -0.15) is 0 Å². The fraction of sp³-hybridized carbons (Fsp3) is 0.571. The first-order chi connectivity index (χ1) is 8.13. The summed E-state index contributed by atoms with van der Waals surface area (Å²) in [5, 5.41) is 3.57. The van der Waals surface area contributed by atoms with Gasteiger partial charge in [0.25, 0.3) is 0 Å². The van der Waals surface area contributed by atoms with Crippen molar-refractivity contribution in [2.45, 2.75) is 32.4 Å². The van der Waals surface area contributed by atoms with Crippen LogP contribution >= 0.6 is 0 Å². The molecule has 17 heavy (non-hydrogen) atoms. The summed E-state index contributed by atoms with van der Waals surface area (Å²) in [6, 6.07) is 6.31. The van der Waals surface area contributed by atoms with Gasteiger partial charge in [-0.1, -0.05) is 12.1 Å². The average Bonchev–Trinajstić information content (AvgIpc) is 2.74. The highest BCUT2D eigenvalue weighted by Gasteiger charge is 2.28. The molecule has 1 fully saturated rings. The van der Waals surface area contributed by atoms with Gasteiger partial charge in [0.2, 0.25) is 0 Å². The van der Waals surface area contributed by atoms with Gasteiger partial charge in [0, 0.05) is 18.7 Å². The van der Waals surface area contributed by atoms with E-state index in [1.807, 2.05) is 6.07 Å². The highest BCUT2D eigenvalue weighted by Crippen LogP contribution is 2.21. The molecule has 3 nitrogen and oxygen atoms in total. The molecule has 0 bridgehead atoms. The molecule has 1 atom stereocenters. The maximum Gasteiger partial charge on any atom is 0.121 e. The molecule has 1 aromatic rings. The quantitative estimate of drug-likeness (QED) is 0.868. The maximum absolute atomic E-state index is 5.43. The van der Waals surface area contributed by atoms with Crippen molar-refractivity contribution in [1.29, 1.82) is 0 Å². The van der Waals surface area contributed by atoms with Crippen LogP contribution < -0.4 is 10.1 Å². The molecule has 0 spiro atoms. The van der Waals surface area contributed by atoms with Crippen molar-refractivity contribution >= 4 is 0 Å². The summed E-state index contributed by atoms with van der Waals surface area (Å²) in [6.07, 6.45) is 1.09. The third kappa shape index (κ3) is 2.99. The van der Waals surface area contributed by atoms with Crippen LogP contribution in [-0.2, 0) is 11.3 Å². The Bertz CT molecular complexity index is 384. The number of rotatable bonds is 4. The average molecular weight is 235 g/mol. The summed E-state index contributed by atoms with van der Waals surface area (Å²) in [5.74, 6) is 0.948. The van der Waals surface area contributed by atoms with Gasteiger partial charge in [0.15, 0.2) is 0 Å². The molecule has 3 heteroatoms. The normalized spacial score (nSPS) is 23.9. The lowest BCUT2D eigenvalue weighted by Crippen LogP contribution is -2.42. The number of ether oxygens (including phenoxy) is 2. The van der Waals surface area contributed by atoms with Gasteiger partial charge in [0.1, 0.15) is 5.75 Å². The van der Waals surface area contributed by atoms with Crippen molar-refractivity contribution in [3.05, 3.63) is 29.3 Å². The first kappa shape index (κ1) is 12.4. The van der Waals surface area contributed by atoms with Crippen molar-refractivity contribution in [1.82, 2.24) is 5.32 Å². The van der Waals surface area contributed by atoms with E-state index in [0.717, 1.165) is 31.9 Å². The van der Waals surface area contributed by atoms with Crippen molar-refractivity contribution in [2.75, 3.05) is 20.3 Å². The molecule has 0 saturated carbocycles. The van der Waals surface area contributed by atoms with Crippen LogP contribution in [0.3, 0.4) is 0 Å². The summed E-state index contributed by atoms with van der Waals surface area (Å²) in [5.41, 5.74) is 2.60. The minimum absolute atomic E-state index is 0.133. The summed E-state index contributed by atoms with van der Waals surface area (Å²) in [4.78, 5) is 0. The van der Waals surface area contributed by atoms with Crippen LogP contribution in [0.2, 0.25) is 0 Å². The van der Waals surface area contributed by atoms with E-state index in [2.05, 4.69) is 31.3 Å². The standard InChI is InChI=1S/C14H21NO2/c1-11-8-12(4-5-13(11)16-3)9-15-14(2)6-7-17-10-14/h4-5,8,15H,6-7,9-10H2,1-3H3. The highest BCUT2D eigenvalue weighted by atomic mass is 16.5. The Morgan fingerprint density at radius 1 is 1.47 bits per heavy atom. The molecule has 1 aliphatic rings. The van der Waals surface area contributed by atoms with Crippen LogP contribution in [0.5, 0.6) is 5.75 Å². The summed E-state index contributed by atoms with van der Waals surface area (Å²) in [6.45, 7) is 6.84. The SMILES string of the molecule is COc1ccc(CNC2(C)CCOC2)cc1C. The number of aryl methyl sites for hydroxylation is 1. The van der Waals surface area contributed by atoms with E-state index in [1.165, 1.54) is 11.1 Å². The van der Waals surface area contributed by atoms with Gasteiger partial charge >= 0.3 is 0 Å². The zero-order chi connectivity index (χ0) is 12.3. The number of hydrogen-bond acceptors (Lipinski definition) is 3. The Morgan fingerprint density at radius 2 is 2.29 bits per heavy atom. The van der Waals surface area contributed by atoms with Crippen LogP contribution in [0, 0.1) is 6.92 Å². The third-order valence-corrected chi connectivity index (χ3v) is 3.40. The minimum Gasteiger partial charge on any atom is -0.496 e. The van der Waals surface area contributed by atoms with Crippen LogP contribution in [0.4, 0.5) is 0 Å². The van der Waals surface area contributed by atoms with Crippen LogP contribution in [-0.4, -0.2) is 25.9 Å². The van der Waals surface area contributed by atoms with Gasteiger partial charge in [-0.15, -0.1) is 0 Å². The molecule has 1 unspecified atom stereocenters. The van der Waals surface area contributed by atoms with Crippen molar-refractivity contribution < 1.29 is 9.47 Å². The van der Waals surface area contributed by atoms with Crippen molar-refractivity contribution in [2.24, 2.45) is 0 Å². The van der Waals surface area contributed by atoms with E-state index < -0.39 is 0 Å². The second-order valence-corrected chi connectivity index (χ2v) is 5.02. The van der Waals surface area contributed by atoms with E-state index in [-0.39, 0.29) is 5.54 Å². The van der Waals surface area contributed by atoms with Crippen molar-refractivity contribution in [3.8, 4) is 5.75 Å². The molecular weight excluding hydrogens is 214 g/mol. The predicted octanol–water partition coefficient (Wildman–Crippen LogP) is 2.27. The van der Waals surface area contributed by atoms with Crippen LogP contribution in [0.15, 0.2) is 18.2 Å². The predicted molar refractivity (Wildman–Crippen MR) is 68.4 cm³/mol. The van der Waals surface area contributed by atoms with E-state index in [4.69, 9.17) is 9.47 Å². The Morgan fingerprint density at radius 3 is 2.88 bits per heavy atom. The molecule has 1 aromatic carbocycles. The fourth-order valence-corrected chi connectivity index (χ4v) is 2.17. The second-order valence-electron chi connectivity index (χ2n) is 5.02. The number of hydrogen-bond donors (Lipinski definition) is 1. The minimum atomic E-state index is 0.133. The lowest BCUT2D eigenvalue weighted by atomic mass is 10.0. The van der Waals surface area contributed by atoms with Crippen LogP contribution in [0.25, 0.3) is 0 Å². The lowest BCUT2D eigenvalue weighted by molar-refractivity contribution is 0.171. The molecule has 1 aliphatic heterocycles. The Labute approximate surface area is 103 Å². The summed E-state index contributed by atoms with van der Waals surface area (Å²) in [7, 11) is 1.71. The number of benzene rings is 1. The van der Waals surface area contributed by atoms with Gasteiger partial charge in [-0.25, -0.2) is 0 Å². The lowest BCUT2D eigenvalue weighted by Gasteiger charge is -2.23. The number of methoxy groups -OCH3 is 1. The van der Waals surface area contributed by atoms with Gasteiger partial charge < -0.3 is 14.8 Å². The van der Waals surface area contributed by atoms with E-state index in [9.17, 15) is 0 Å². The molecule has 0 aromatic heterocycles. The molecule has 2 rings (SSSR count). The van der Waals surface area contributed by atoms with Crippen LogP contribution in [0.1, 0.15) is 24.5 Å². The topological polar surface area (TPSA) is 30.5 Å². The van der Waals surface area contributed by atoms with Gasteiger partial charge in [-0.05, 0) is 37.5 Å². The third-order valence-electron chi connectivity index (χ3n) is 3.40. The van der Waals surface area contributed by atoms with E-state index in [1.54, 1.807) is 7.11 Å². The first-order valence-corrected chi connectivity index (χ1v) is 6.09. The largest absolute Gasteiger partial charge is 0.496 e. The second kappa shape index (κ2) is 5.07. The zero-order valence-electron chi connectivity index (χ0n) is 10.9.